The molecule has 2 aromatic carbocycles. The van der Waals surface area contributed by atoms with Crippen molar-refractivity contribution in [1.82, 2.24) is 5.32 Å². The van der Waals surface area contributed by atoms with Crippen molar-refractivity contribution in [2.75, 3.05) is 0 Å². The Bertz CT molecular complexity index is 1070. The third kappa shape index (κ3) is 2.09. The number of amides is 1. The molecule has 1 amide bonds. The Labute approximate surface area is 141 Å². The molecule has 6 heteroatoms. The highest BCUT2D eigenvalue weighted by molar-refractivity contribution is 6.32. The second-order valence-corrected chi connectivity index (χ2v) is 6.18. The van der Waals surface area contributed by atoms with Crippen LogP contribution in [0.1, 0.15) is 33.3 Å². The van der Waals surface area contributed by atoms with Crippen LogP contribution in [0.3, 0.4) is 0 Å². The average Bonchev–Trinajstić information content (AvgIpc) is 2.87. The van der Waals surface area contributed by atoms with Crippen LogP contribution in [0.2, 0.25) is 5.02 Å². The molecule has 1 aromatic heterocycles. The number of carbonyl (C=O) groups is 1. The molecule has 0 bridgehead atoms. The molecule has 0 spiro atoms. The van der Waals surface area contributed by atoms with Crippen LogP contribution in [0.5, 0.6) is 5.75 Å². The second-order valence-electron chi connectivity index (χ2n) is 5.77. The summed E-state index contributed by atoms with van der Waals surface area (Å²) in [5, 5.41) is 13.2. The lowest BCUT2D eigenvalue weighted by molar-refractivity contribution is 0.0938. The van der Waals surface area contributed by atoms with E-state index in [4.69, 9.17) is 16.0 Å². The number of hydrogen-bond donors (Lipinski definition) is 2. The number of phenolic OH excluding ortho intramolecular Hbond substituents is 1. The van der Waals surface area contributed by atoms with Crippen molar-refractivity contribution >= 4 is 28.5 Å². The van der Waals surface area contributed by atoms with Gasteiger partial charge in [-0.15, -0.1) is 0 Å². The normalized spacial score (nSPS) is 16.2. The highest BCUT2D eigenvalue weighted by Crippen LogP contribution is 2.33. The number of aryl methyl sites for hydroxylation is 1. The molecule has 2 heterocycles. The van der Waals surface area contributed by atoms with E-state index in [9.17, 15) is 14.7 Å². The van der Waals surface area contributed by atoms with Crippen molar-refractivity contribution in [3.63, 3.8) is 0 Å². The summed E-state index contributed by atoms with van der Waals surface area (Å²) in [5.41, 5.74) is 1.62. The molecule has 0 radical (unpaired) electrons. The number of hydrogen-bond acceptors (Lipinski definition) is 4. The van der Waals surface area contributed by atoms with Gasteiger partial charge in [-0.05, 0) is 42.3 Å². The van der Waals surface area contributed by atoms with Gasteiger partial charge in [0.1, 0.15) is 11.3 Å². The Kier molecular flexibility index (Phi) is 3.15. The first-order chi connectivity index (χ1) is 11.5. The summed E-state index contributed by atoms with van der Waals surface area (Å²) in [4.78, 5) is 25.2. The van der Waals surface area contributed by atoms with Gasteiger partial charge in [-0.2, -0.15) is 0 Å². The molecule has 2 N–H and O–H groups in total. The van der Waals surface area contributed by atoms with Crippen LogP contribution in [0.4, 0.5) is 0 Å². The van der Waals surface area contributed by atoms with Crippen LogP contribution in [-0.2, 0) is 0 Å². The predicted octanol–water partition coefficient (Wildman–Crippen LogP) is 3.29. The van der Waals surface area contributed by atoms with E-state index < -0.39 is 11.9 Å². The largest absolute Gasteiger partial charge is 0.508 e. The molecule has 1 unspecified atom stereocenters. The van der Waals surface area contributed by atoms with Gasteiger partial charge in [-0.25, -0.2) is 0 Å². The molecule has 0 saturated heterocycles. The van der Waals surface area contributed by atoms with Gasteiger partial charge in [0.25, 0.3) is 5.91 Å². The molecular weight excluding hydrogens is 330 g/mol. The maximum absolute atomic E-state index is 12.9. The second kappa shape index (κ2) is 5.11. The average molecular weight is 342 g/mol. The fourth-order valence-electron chi connectivity index (χ4n) is 2.98. The lowest BCUT2D eigenvalue weighted by Gasteiger charge is -2.12. The predicted molar refractivity (Wildman–Crippen MR) is 89.6 cm³/mol. The van der Waals surface area contributed by atoms with Crippen LogP contribution in [0.25, 0.3) is 11.0 Å². The van der Waals surface area contributed by atoms with Crippen molar-refractivity contribution < 1.29 is 14.3 Å². The van der Waals surface area contributed by atoms with Gasteiger partial charge < -0.3 is 14.8 Å². The Balaban J connectivity index is 2.02. The van der Waals surface area contributed by atoms with Crippen LogP contribution >= 0.6 is 11.6 Å². The summed E-state index contributed by atoms with van der Waals surface area (Å²) in [6.45, 7) is 1.80. The lowest BCUT2D eigenvalue weighted by Crippen LogP contribution is -2.21. The first-order valence-corrected chi connectivity index (χ1v) is 7.70. The van der Waals surface area contributed by atoms with E-state index in [-0.39, 0.29) is 22.5 Å². The molecule has 5 nitrogen and oxygen atoms in total. The monoisotopic (exact) mass is 341 g/mol. The minimum Gasteiger partial charge on any atom is -0.508 e. The van der Waals surface area contributed by atoms with Crippen molar-refractivity contribution in [3.8, 4) is 5.75 Å². The highest BCUT2D eigenvalue weighted by Gasteiger charge is 2.36. The number of phenols is 1. The zero-order valence-corrected chi connectivity index (χ0v) is 13.3. The van der Waals surface area contributed by atoms with Gasteiger partial charge in [-0.1, -0.05) is 23.7 Å². The molecule has 1 aliphatic heterocycles. The van der Waals surface area contributed by atoms with Crippen LogP contribution in [-0.4, -0.2) is 11.0 Å². The quantitative estimate of drug-likeness (QED) is 0.711. The summed E-state index contributed by atoms with van der Waals surface area (Å²) >= 11 is 6.12. The summed E-state index contributed by atoms with van der Waals surface area (Å²) in [6, 6.07) is 8.94. The van der Waals surface area contributed by atoms with Crippen LogP contribution < -0.4 is 10.7 Å². The summed E-state index contributed by atoms with van der Waals surface area (Å²) < 4.78 is 5.68. The molecule has 4 rings (SSSR count). The number of aromatic hydroxyl groups is 1. The maximum atomic E-state index is 12.9. The number of rotatable bonds is 1. The topological polar surface area (TPSA) is 79.5 Å². The smallest absolute Gasteiger partial charge is 0.288 e. The fraction of sp³-hybridized carbons (Fsp3) is 0.111. The Morgan fingerprint density at radius 3 is 2.75 bits per heavy atom. The van der Waals surface area contributed by atoms with Gasteiger partial charge in [0.2, 0.25) is 5.76 Å². The number of carbonyl (C=O) groups excluding carboxylic acids is 1. The van der Waals surface area contributed by atoms with E-state index in [1.165, 1.54) is 12.1 Å². The standard InChI is InChI=1S/C18H12ClNO4/c1-8-5-13-11(7-12(8)19)16(22)14-15(20-18(23)17(14)24-13)9-3-2-4-10(21)6-9/h2-7,15,21H,1H3,(H,20,23). The summed E-state index contributed by atoms with van der Waals surface area (Å²) in [6.07, 6.45) is 0. The Morgan fingerprint density at radius 2 is 2.00 bits per heavy atom. The SMILES string of the molecule is Cc1cc2oc3c(c(=O)c2cc1Cl)C(c1cccc(O)c1)NC3=O. The molecule has 24 heavy (non-hydrogen) atoms. The fourth-order valence-corrected chi connectivity index (χ4v) is 3.15. The molecule has 3 aromatic rings. The van der Waals surface area contributed by atoms with Gasteiger partial charge in [0, 0.05) is 5.02 Å². The third-order valence-electron chi connectivity index (χ3n) is 4.18. The minimum atomic E-state index is -0.666. The minimum absolute atomic E-state index is 0.00238. The van der Waals surface area contributed by atoms with E-state index in [0.29, 0.717) is 21.6 Å². The van der Waals surface area contributed by atoms with E-state index in [1.807, 2.05) is 0 Å². The molecule has 1 atom stereocenters. The van der Waals surface area contributed by atoms with Gasteiger partial charge in [0.15, 0.2) is 5.43 Å². The van der Waals surface area contributed by atoms with Crippen molar-refractivity contribution in [3.05, 3.63) is 74.1 Å². The number of halogens is 1. The lowest BCUT2D eigenvalue weighted by atomic mass is 9.99. The number of fused-ring (bicyclic) bond motifs is 2. The highest BCUT2D eigenvalue weighted by atomic mass is 35.5. The van der Waals surface area contributed by atoms with E-state index in [2.05, 4.69) is 5.32 Å². The third-order valence-corrected chi connectivity index (χ3v) is 4.59. The van der Waals surface area contributed by atoms with Gasteiger partial charge in [0.05, 0.1) is 17.0 Å². The van der Waals surface area contributed by atoms with E-state index in [0.717, 1.165) is 5.56 Å². The van der Waals surface area contributed by atoms with E-state index in [1.54, 1.807) is 31.2 Å². The summed E-state index contributed by atoms with van der Waals surface area (Å²) in [5.74, 6) is -0.397. The van der Waals surface area contributed by atoms with Gasteiger partial charge >= 0.3 is 0 Å². The molecule has 0 saturated carbocycles. The molecular formula is C18H12ClNO4. The van der Waals surface area contributed by atoms with Crippen LogP contribution in [0.15, 0.2) is 45.6 Å². The van der Waals surface area contributed by atoms with Crippen LogP contribution in [0, 0.1) is 6.92 Å². The van der Waals surface area contributed by atoms with E-state index >= 15 is 0 Å². The Morgan fingerprint density at radius 1 is 1.21 bits per heavy atom. The molecule has 0 aliphatic carbocycles. The zero-order valence-electron chi connectivity index (χ0n) is 12.6. The Hall–Kier alpha value is -2.79. The first kappa shape index (κ1) is 14.8. The first-order valence-electron chi connectivity index (χ1n) is 7.32. The van der Waals surface area contributed by atoms with Crippen molar-refractivity contribution in [1.29, 1.82) is 0 Å². The molecule has 120 valence electrons. The molecule has 0 fully saturated rings. The number of benzene rings is 2. The zero-order chi connectivity index (χ0) is 17.0. The molecule has 1 aliphatic rings. The van der Waals surface area contributed by atoms with Crippen molar-refractivity contribution in [2.45, 2.75) is 13.0 Å². The number of nitrogens with one attached hydrogen (secondary N) is 1. The van der Waals surface area contributed by atoms with Gasteiger partial charge in [-0.3, -0.25) is 9.59 Å². The summed E-state index contributed by atoms with van der Waals surface area (Å²) in [7, 11) is 0. The maximum Gasteiger partial charge on any atom is 0.288 e. The van der Waals surface area contributed by atoms with Crippen molar-refractivity contribution in [2.24, 2.45) is 0 Å².